The molecule has 2 aromatic carbocycles. The van der Waals surface area contributed by atoms with Gasteiger partial charge in [0.05, 0.1) is 6.20 Å². The topological polar surface area (TPSA) is 92.2 Å². The molecule has 6 nitrogen and oxygen atoms in total. The lowest BCUT2D eigenvalue weighted by molar-refractivity contribution is 0.455. The molecule has 0 spiro atoms. The van der Waals surface area contributed by atoms with Gasteiger partial charge in [0.2, 0.25) is 5.88 Å². The summed E-state index contributed by atoms with van der Waals surface area (Å²) in [4.78, 5) is 13.5. The van der Waals surface area contributed by atoms with Crippen molar-refractivity contribution in [3.8, 4) is 5.88 Å². The van der Waals surface area contributed by atoms with Crippen molar-refractivity contribution in [1.82, 2.24) is 8.96 Å². The molecule has 3 aromatic rings. The molecule has 0 aliphatic carbocycles. The van der Waals surface area contributed by atoms with E-state index in [-0.39, 0.29) is 4.90 Å². The van der Waals surface area contributed by atoms with Crippen LogP contribution in [0.2, 0.25) is 0 Å². The van der Waals surface area contributed by atoms with Gasteiger partial charge in [-0.25, -0.2) is 13.2 Å². The SMILES string of the molecule is O=c1[nH]c(O)cn1S(=O)(=O)c1ccc2ccccc2c1Br. The predicted octanol–water partition coefficient (Wildman–Crippen LogP) is 2.03. The highest BCUT2D eigenvalue weighted by molar-refractivity contribution is 9.10. The molecule has 1 aromatic heterocycles. The Kier molecular flexibility index (Phi) is 3.14. The molecule has 1 heterocycles. The standard InChI is InChI=1S/C13H9BrN2O4S/c14-12-9-4-2-1-3-8(9)5-6-10(12)21(19,20)16-7-11(17)15-13(16)18/h1-7,17H,(H,15,18). The van der Waals surface area contributed by atoms with Crippen LogP contribution in [0.3, 0.4) is 0 Å². The van der Waals surface area contributed by atoms with Crippen LogP contribution in [0.25, 0.3) is 10.8 Å². The van der Waals surface area contributed by atoms with E-state index in [0.29, 0.717) is 13.8 Å². The van der Waals surface area contributed by atoms with Crippen LogP contribution in [0.1, 0.15) is 0 Å². The molecule has 0 bridgehead atoms. The van der Waals surface area contributed by atoms with Gasteiger partial charge in [0.1, 0.15) is 4.90 Å². The molecule has 0 saturated heterocycles. The molecular formula is C13H9BrN2O4S. The molecule has 108 valence electrons. The lowest BCUT2D eigenvalue weighted by atomic mass is 10.1. The number of H-pyrrole nitrogens is 1. The molecule has 0 amide bonds. The molecule has 8 heteroatoms. The summed E-state index contributed by atoms with van der Waals surface area (Å²) in [5.41, 5.74) is -0.924. The van der Waals surface area contributed by atoms with Crippen molar-refractivity contribution in [2.75, 3.05) is 0 Å². The summed E-state index contributed by atoms with van der Waals surface area (Å²) >= 11 is 3.28. The van der Waals surface area contributed by atoms with E-state index >= 15 is 0 Å². The normalized spacial score (nSPS) is 11.9. The number of nitrogens with zero attached hydrogens (tertiary/aromatic N) is 1. The Morgan fingerprint density at radius 1 is 1.14 bits per heavy atom. The van der Waals surface area contributed by atoms with Crippen molar-refractivity contribution in [2.45, 2.75) is 4.90 Å². The molecule has 2 N–H and O–H groups in total. The minimum absolute atomic E-state index is 0.0534. The van der Waals surface area contributed by atoms with Crippen LogP contribution in [0.4, 0.5) is 0 Å². The van der Waals surface area contributed by atoms with E-state index in [0.717, 1.165) is 11.6 Å². The Balaban J connectivity index is 2.32. The van der Waals surface area contributed by atoms with Crippen molar-refractivity contribution < 1.29 is 13.5 Å². The van der Waals surface area contributed by atoms with Gasteiger partial charge >= 0.3 is 5.69 Å². The number of aromatic amines is 1. The van der Waals surface area contributed by atoms with E-state index < -0.39 is 21.6 Å². The maximum absolute atomic E-state index is 12.5. The smallest absolute Gasteiger partial charge is 0.342 e. The molecule has 21 heavy (non-hydrogen) atoms. The fraction of sp³-hybridized carbons (Fsp3) is 0. The zero-order valence-electron chi connectivity index (χ0n) is 10.4. The molecule has 0 unspecified atom stereocenters. The van der Waals surface area contributed by atoms with E-state index in [1.807, 2.05) is 17.1 Å². The van der Waals surface area contributed by atoms with Crippen molar-refractivity contribution in [2.24, 2.45) is 0 Å². The Morgan fingerprint density at radius 2 is 1.86 bits per heavy atom. The number of nitrogens with one attached hydrogen (secondary N) is 1. The molecule has 3 rings (SSSR count). The lowest BCUT2D eigenvalue weighted by Gasteiger charge is -2.09. The van der Waals surface area contributed by atoms with Crippen molar-refractivity contribution in [3.05, 3.63) is 57.6 Å². The fourth-order valence-electron chi connectivity index (χ4n) is 2.06. The monoisotopic (exact) mass is 368 g/mol. The maximum atomic E-state index is 12.5. The van der Waals surface area contributed by atoms with Crippen molar-refractivity contribution in [3.63, 3.8) is 0 Å². The van der Waals surface area contributed by atoms with Gasteiger partial charge in [-0.3, -0.25) is 4.98 Å². The number of aromatic hydroxyl groups is 1. The van der Waals surface area contributed by atoms with Gasteiger partial charge in [0, 0.05) is 4.47 Å². The number of fused-ring (bicyclic) bond motifs is 1. The van der Waals surface area contributed by atoms with Crippen LogP contribution in [0, 0.1) is 0 Å². The van der Waals surface area contributed by atoms with Crippen molar-refractivity contribution in [1.29, 1.82) is 0 Å². The van der Waals surface area contributed by atoms with E-state index in [4.69, 9.17) is 0 Å². The summed E-state index contributed by atoms with van der Waals surface area (Å²) in [6, 6.07) is 10.3. The highest BCUT2D eigenvalue weighted by atomic mass is 79.9. The number of halogens is 1. The molecular weight excluding hydrogens is 360 g/mol. The second-order valence-corrected chi connectivity index (χ2v) is 6.92. The number of hydrogen-bond acceptors (Lipinski definition) is 4. The first-order valence-corrected chi connectivity index (χ1v) is 8.08. The first-order valence-electron chi connectivity index (χ1n) is 5.85. The van der Waals surface area contributed by atoms with Gasteiger partial charge in [-0.05, 0) is 32.8 Å². The number of imidazole rings is 1. The van der Waals surface area contributed by atoms with E-state index in [1.165, 1.54) is 6.07 Å². The van der Waals surface area contributed by atoms with Crippen LogP contribution in [0.15, 0.2) is 56.8 Å². The molecule has 0 radical (unpaired) electrons. The highest BCUT2D eigenvalue weighted by Crippen LogP contribution is 2.31. The fourth-order valence-corrected chi connectivity index (χ4v) is 4.46. The predicted molar refractivity (Wildman–Crippen MR) is 80.9 cm³/mol. The van der Waals surface area contributed by atoms with Crippen molar-refractivity contribution >= 4 is 36.7 Å². The van der Waals surface area contributed by atoms with Gasteiger partial charge in [-0.15, -0.1) is 0 Å². The quantitative estimate of drug-likeness (QED) is 0.723. The summed E-state index contributed by atoms with van der Waals surface area (Å²) in [6.45, 7) is 0. The Labute approximate surface area is 127 Å². The van der Waals surface area contributed by atoms with Crippen LogP contribution in [-0.2, 0) is 10.0 Å². The van der Waals surface area contributed by atoms with Gasteiger partial charge in [-0.1, -0.05) is 30.3 Å². The number of benzene rings is 2. The Hall–Kier alpha value is -2.06. The molecule has 0 aliphatic heterocycles. The third-order valence-electron chi connectivity index (χ3n) is 3.04. The summed E-state index contributed by atoms with van der Waals surface area (Å²) in [5, 5.41) is 10.8. The summed E-state index contributed by atoms with van der Waals surface area (Å²) < 4.78 is 25.9. The average Bonchev–Trinajstić information content (AvgIpc) is 2.79. The van der Waals surface area contributed by atoms with E-state index in [2.05, 4.69) is 15.9 Å². The number of hydrogen-bond donors (Lipinski definition) is 2. The van der Waals surface area contributed by atoms with Crippen LogP contribution >= 0.6 is 15.9 Å². The largest absolute Gasteiger partial charge is 0.493 e. The zero-order chi connectivity index (χ0) is 15.2. The Morgan fingerprint density at radius 3 is 2.52 bits per heavy atom. The van der Waals surface area contributed by atoms with Gasteiger partial charge in [-0.2, -0.15) is 3.97 Å². The van der Waals surface area contributed by atoms with Gasteiger partial charge in [0.15, 0.2) is 0 Å². The summed E-state index contributed by atoms with van der Waals surface area (Å²) in [5.74, 6) is -0.513. The van der Waals surface area contributed by atoms with Crippen LogP contribution < -0.4 is 5.69 Å². The molecule has 0 saturated carbocycles. The molecule has 0 atom stereocenters. The highest BCUT2D eigenvalue weighted by Gasteiger charge is 2.24. The van der Waals surface area contributed by atoms with Gasteiger partial charge in [0.25, 0.3) is 10.0 Å². The Bertz CT molecular complexity index is 1000. The third kappa shape index (κ3) is 2.16. The minimum atomic E-state index is -4.10. The zero-order valence-corrected chi connectivity index (χ0v) is 12.8. The summed E-state index contributed by atoms with van der Waals surface area (Å²) in [7, 11) is -4.10. The van der Waals surface area contributed by atoms with E-state index in [9.17, 15) is 18.3 Å². The average molecular weight is 369 g/mol. The number of rotatable bonds is 2. The third-order valence-corrected chi connectivity index (χ3v) is 5.84. The lowest BCUT2D eigenvalue weighted by Crippen LogP contribution is -2.24. The molecule has 0 fully saturated rings. The minimum Gasteiger partial charge on any atom is -0.493 e. The second-order valence-electron chi connectivity index (χ2n) is 4.34. The molecule has 0 aliphatic rings. The first kappa shape index (κ1) is 13.9. The first-order chi connectivity index (χ1) is 9.91. The second kappa shape index (κ2) is 4.74. The van der Waals surface area contributed by atoms with Gasteiger partial charge < -0.3 is 5.11 Å². The van der Waals surface area contributed by atoms with Crippen LogP contribution in [-0.4, -0.2) is 22.5 Å². The summed E-state index contributed by atoms with van der Waals surface area (Å²) in [6.07, 6.45) is 0.833. The van der Waals surface area contributed by atoms with E-state index in [1.54, 1.807) is 18.2 Å². The maximum Gasteiger partial charge on any atom is 0.342 e. The number of aromatic nitrogens is 2. The van der Waals surface area contributed by atoms with Crippen LogP contribution in [0.5, 0.6) is 5.88 Å².